The van der Waals surface area contributed by atoms with E-state index in [1.54, 1.807) is 0 Å². The van der Waals surface area contributed by atoms with Gasteiger partial charge in [0.2, 0.25) is 0 Å². The van der Waals surface area contributed by atoms with E-state index in [2.05, 4.69) is 13.2 Å². The van der Waals surface area contributed by atoms with E-state index in [9.17, 15) is 9.90 Å². The molecule has 1 fully saturated rings. The van der Waals surface area contributed by atoms with Gasteiger partial charge in [-0.15, -0.1) is 13.2 Å². The molecule has 1 saturated carbocycles. The Labute approximate surface area is 119 Å². The van der Waals surface area contributed by atoms with Gasteiger partial charge in [0.15, 0.2) is 0 Å². The molecular weight excluding hydrogens is 260 g/mol. The van der Waals surface area contributed by atoms with Crippen LogP contribution in [-0.4, -0.2) is 10.9 Å². The fourth-order valence-electron chi connectivity index (χ4n) is 3.27. The molecule has 19 heavy (non-hydrogen) atoms. The van der Waals surface area contributed by atoms with Gasteiger partial charge in [-0.05, 0) is 36.5 Å². The fourth-order valence-corrected chi connectivity index (χ4v) is 3.52. The summed E-state index contributed by atoms with van der Waals surface area (Å²) in [5.74, 6) is 0.324. The normalized spacial score (nSPS) is 23.7. The van der Waals surface area contributed by atoms with E-state index in [4.69, 9.17) is 11.6 Å². The van der Waals surface area contributed by atoms with Crippen molar-refractivity contribution in [3.05, 3.63) is 47.5 Å². The molecule has 1 spiro atoms. The van der Waals surface area contributed by atoms with Gasteiger partial charge in [0.25, 0.3) is 0 Å². The summed E-state index contributed by atoms with van der Waals surface area (Å²) in [5, 5.41) is 11.2. The summed E-state index contributed by atoms with van der Waals surface area (Å²) in [6.07, 6.45) is 3.14. The van der Waals surface area contributed by atoms with Crippen molar-refractivity contribution in [2.75, 3.05) is 0 Å². The molecular formula is C16H19ClO2. The van der Waals surface area contributed by atoms with Gasteiger partial charge >= 0.3 is 0 Å². The van der Waals surface area contributed by atoms with Crippen LogP contribution in [0.5, 0.6) is 0 Å². The van der Waals surface area contributed by atoms with Crippen LogP contribution in [0.25, 0.3) is 0 Å². The van der Waals surface area contributed by atoms with E-state index in [0.29, 0.717) is 18.6 Å². The molecule has 102 valence electrons. The van der Waals surface area contributed by atoms with Gasteiger partial charge in [-0.2, -0.15) is 0 Å². The van der Waals surface area contributed by atoms with Crippen molar-refractivity contribution in [2.45, 2.75) is 38.2 Å². The van der Waals surface area contributed by atoms with Crippen molar-refractivity contribution in [1.29, 1.82) is 0 Å². The molecule has 2 aliphatic rings. The summed E-state index contributed by atoms with van der Waals surface area (Å²) >= 11 is 6.19. The van der Waals surface area contributed by atoms with Crippen molar-refractivity contribution >= 4 is 17.4 Å². The first-order valence-electron chi connectivity index (χ1n) is 6.59. The van der Waals surface area contributed by atoms with Crippen LogP contribution in [0.15, 0.2) is 31.4 Å². The standard InChI is InChI=1S/C14H15ClO2.C2H4/c15-12-3-1-2-10-11(12)8-14(13(10)17)6-4-9(16)5-7-14;1-2/h1-3,13,17H,4-8H2;1-2H2. The predicted molar refractivity (Wildman–Crippen MR) is 77.3 cm³/mol. The number of carbonyl (C=O) groups excluding carboxylic acids is 1. The van der Waals surface area contributed by atoms with Crippen LogP contribution in [0.4, 0.5) is 0 Å². The maximum atomic E-state index is 11.3. The summed E-state index contributed by atoms with van der Waals surface area (Å²) in [6, 6.07) is 5.72. The van der Waals surface area contributed by atoms with Crippen LogP contribution in [0.1, 0.15) is 42.9 Å². The van der Waals surface area contributed by atoms with Crippen molar-refractivity contribution in [3.63, 3.8) is 0 Å². The second-order valence-electron chi connectivity index (χ2n) is 5.29. The number of fused-ring (bicyclic) bond motifs is 1. The van der Waals surface area contributed by atoms with Gasteiger partial charge in [0, 0.05) is 23.3 Å². The minimum absolute atomic E-state index is 0.138. The Balaban J connectivity index is 0.000000637. The van der Waals surface area contributed by atoms with Gasteiger partial charge < -0.3 is 5.11 Å². The zero-order chi connectivity index (χ0) is 14.0. The summed E-state index contributed by atoms with van der Waals surface area (Å²) < 4.78 is 0. The molecule has 0 bridgehead atoms. The van der Waals surface area contributed by atoms with E-state index in [1.165, 1.54) is 0 Å². The van der Waals surface area contributed by atoms with Crippen molar-refractivity contribution in [3.8, 4) is 0 Å². The van der Waals surface area contributed by atoms with Crippen LogP contribution < -0.4 is 0 Å². The number of Topliss-reactive ketones (excluding diaryl/α,β-unsaturated/α-hetero) is 1. The molecule has 1 aromatic rings. The molecule has 1 aromatic carbocycles. The molecule has 0 radical (unpaired) electrons. The summed E-state index contributed by atoms with van der Waals surface area (Å²) in [6.45, 7) is 6.00. The molecule has 3 rings (SSSR count). The molecule has 2 aliphatic carbocycles. The molecule has 1 atom stereocenters. The lowest BCUT2D eigenvalue weighted by molar-refractivity contribution is -0.124. The molecule has 1 N–H and O–H groups in total. The second-order valence-corrected chi connectivity index (χ2v) is 5.70. The Morgan fingerprint density at radius 2 is 1.89 bits per heavy atom. The molecule has 0 aliphatic heterocycles. The number of hydrogen-bond acceptors (Lipinski definition) is 2. The predicted octanol–water partition coefficient (Wildman–Crippen LogP) is 3.86. The number of benzene rings is 1. The zero-order valence-corrected chi connectivity index (χ0v) is 11.7. The number of hydrogen-bond donors (Lipinski definition) is 1. The number of aliphatic hydroxyl groups excluding tert-OH is 1. The molecule has 0 saturated heterocycles. The number of halogens is 1. The summed E-state index contributed by atoms with van der Waals surface area (Å²) in [7, 11) is 0. The van der Waals surface area contributed by atoms with E-state index >= 15 is 0 Å². The van der Waals surface area contributed by atoms with Crippen molar-refractivity contribution < 1.29 is 9.90 Å². The topological polar surface area (TPSA) is 37.3 Å². The van der Waals surface area contributed by atoms with E-state index in [0.717, 1.165) is 35.4 Å². The fraction of sp³-hybridized carbons (Fsp3) is 0.438. The average Bonchev–Trinajstić information content (AvgIpc) is 2.72. The van der Waals surface area contributed by atoms with Gasteiger partial charge in [-0.25, -0.2) is 0 Å². The van der Waals surface area contributed by atoms with Gasteiger partial charge in [0.05, 0.1) is 6.10 Å². The lowest BCUT2D eigenvalue weighted by Crippen LogP contribution is -2.31. The number of carbonyl (C=O) groups is 1. The Morgan fingerprint density at radius 3 is 2.47 bits per heavy atom. The molecule has 0 amide bonds. The lowest BCUT2D eigenvalue weighted by atomic mass is 9.70. The van der Waals surface area contributed by atoms with Crippen molar-refractivity contribution in [1.82, 2.24) is 0 Å². The highest BCUT2D eigenvalue weighted by atomic mass is 35.5. The van der Waals surface area contributed by atoms with Gasteiger partial charge in [0.1, 0.15) is 5.78 Å². The van der Waals surface area contributed by atoms with Crippen LogP contribution in [-0.2, 0) is 11.2 Å². The molecule has 0 aromatic heterocycles. The minimum atomic E-state index is -0.454. The maximum absolute atomic E-state index is 11.3. The first-order valence-corrected chi connectivity index (χ1v) is 6.97. The smallest absolute Gasteiger partial charge is 0.132 e. The number of rotatable bonds is 0. The minimum Gasteiger partial charge on any atom is -0.388 e. The van der Waals surface area contributed by atoms with E-state index < -0.39 is 6.10 Å². The molecule has 1 unspecified atom stereocenters. The third-order valence-electron chi connectivity index (χ3n) is 4.36. The van der Waals surface area contributed by atoms with Crippen LogP contribution in [0.3, 0.4) is 0 Å². The quantitative estimate of drug-likeness (QED) is 0.732. The lowest BCUT2D eigenvalue weighted by Gasteiger charge is -2.36. The maximum Gasteiger partial charge on any atom is 0.132 e. The molecule has 2 nitrogen and oxygen atoms in total. The Morgan fingerprint density at radius 1 is 1.26 bits per heavy atom. The molecule has 0 heterocycles. The Kier molecular flexibility index (Phi) is 4.12. The average molecular weight is 279 g/mol. The van der Waals surface area contributed by atoms with Crippen LogP contribution in [0, 0.1) is 5.41 Å². The largest absolute Gasteiger partial charge is 0.388 e. The third-order valence-corrected chi connectivity index (χ3v) is 4.72. The number of aliphatic hydroxyl groups is 1. The highest BCUT2D eigenvalue weighted by molar-refractivity contribution is 6.31. The zero-order valence-electron chi connectivity index (χ0n) is 11.0. The third kappa shape index (κ3) is 2.35. The monoisotopic (exact) mass is 278 g/mol. The Bertz CT molecular complexity index is 486. The van der Waals surface area contributed by atoms with E-state index in [1.807, 2.05) is 18.2 Å². The molecule has 3 heteroatoms. The van der Waals surface area contributed by atoms with E-state index in [-0.39, 0.29) is 5.41 Å². The Hall–Kier alpha value is -1.12. The van der Waals surface area contributed by atoms with Crippen LogP contribution >= 0.6 is 11.6 Å². The second kappa shape index (κ2) is 5.48. The SMILES string of the molecule is C=C.O=C1CCC2(CC1)Cc1c(Cl)cccc1C2O. The summed E-state index contributed by atoms with van der Waals surface area (Å²) in [4.78, 5) is 11.3. The first-order chi connectivity index (χ1) is 9.12. The highest BCUT2D eigenvalue weighted by Crippen LogP contribution is 2.54. The van der Waals surface area contributed by atoms with Crippen LogP contribution in [0.2, 0.25) is 5.02 Å². The first kappa shape index (κ1) is 14.3. The number of ketones is 1. The summed E-state index contributed by atoms with van der Waals surface area (Å²) in [5.41, 5.74) is 1.91. The van der Waals surface area contributed by atoms with Gasteiger partial charge in [-0.3, -0.25) is 4.79 Å². The van der Waals surface area contributed by atoms with Crippen molar-refractivity contribution in [2.24, 2.45) is 5.41 Å². The highest BCUT2D eigenvalue weighted by Gasteiger charge is 2.47. The van der Waals surface area contributed by atoms with Gasteiger partial charge in [-0.1, -0.05) is 23.7 Å².